The summed E-state index contributed by atoms with van der Waals surface area (Å²) < 4.78 is 0. The first-order valence-electron chi connectivity index (χ1n) is 4.33. The Labute approximate surface area is 82.0 Å². The van der Waals surface area contributed by atoms with E-state index in [2.05, 4.69) is 20.5 Å². The van der Waals surface area contributed by atoms with Crippen LogP contribution in [0.25, 0.3) is 11.4 Å². The number of aromatic nitrogens is 3. The van der Waals surface area contributed by atoms with Gasteiger partial charge in [-0.1, -0.05) is 30.3 Å². The molecule has 1 aromatic heterocycles. The number of hydrogen-bond acceptors (Lipinski definition) is 4. The molecule has 0 atom stereocenters. The number of nitrogens with zero attached hydrogens (tertiary/aromatic N) is 3. The van der Waals surface area contributed by atoms with Gasteiger partial charge in [0.2, 0.25) is 0 Å². The summed E-state index contributed by atoms with van der Waals surface area (Å²) in [4.78, 5) is 4.28. The third-order valence-corrected chi connectivity index (χ3v) is 1.85. The van der Waals surface area contributed by atoms with Crippen LogP contribution in [0.15, 0.2) is 36.5 Å². The van der Waals surface area contributed by atoms with Gasteiger partial charge >= 0.3 is 0 Å². The highest BCUT2D eigenvalue weighted by Gasteiger charge is 2.00. The summed E-state index contributed by atoms with van der Waals surface area (Å²) in [5, 5.41) is 10.7. The highest BCUT2D eigenvalue weighted by atomic mass is 15.2. The van der Waals surface area contributed by atoms with Crippen LogP contribution in [0.2, 0.25) is 0 Å². The van der Waals surface area contributed by atoms with E-state index >= 15 is 0 Å². The SMILES string of the molecule is CNc1cnnc(-c2ccccc2)n1. The van der Waals surface area contributed by atoms with Crippen LogP contribution in [-0.4, -0.2) is 22.2 Å². The molecule has 70 valence electrons. The fourth-order valence-electron chi connectivity index (χ4n) is 1.13. The van der Waals surface area contributed by atoms with Gasteiger partial charge in [0.05, 0.1) is 6.20 Å². The van der Waals surface area contributed by atoms with Crippen molar-refractivity contribution in [2.75, 3.05) is 12.4 Å². The van der Waals surface area contributed by atoms with E-state index in [4.69, 9.17) is 0 Å². The molecule has 0 aliphatic heterocycles. The van der Waals surface area contributed by atoms with Crippen molar-refractivity contribution in [3.63, 3.8) is 0 Å². The molecule has 2 rings (SSSR count). The summed E-state index contributed by atoms with van der Waals surface area (Å²) in [6, 6.07) is 9.77. The van der Waals surface area contributed by atoms with Crippen molar-refractivity contribution in [1.82, 2.24) is 15.2 Å². The van der Waals surface area contributed by atoms with Crippen LogP contribution in [0.3, 0.4) is 0 Å². The lowest BCUT2D eigenvalue weighted by Crippen LogP contribution is -1.97. The topological polar surface area (TPSA) is 50.7 Å². The van der Waals surface area contributed by atoms with Gasteiger partial charge in [-0.15, -0.1) is 5.10 Å². The van der Waals surface area contributed by atoms with Gasteiger partial charge in [0.1, 0.15) is 5.82 Å². The van der Waals surface area contributed by atoms with Crippen LogP contribution < -0.4 is 5.32 Å². The Morgan fingerprint density at radius 2 is 1.93 bits per heavy atom. The normalized spacial score (nSPS) is 9.79. The molecule has 0 radical (unpaired) electrons. The lowest BCUT2D eigenvalue weighted by atomic mass is 10.2. The highest BCUT2D eigenvalue weighted by Crippen LogP contribution is 2.13. The largest absolute Gasteiger partial charge is 0.372 e. The molecule has 1 aromatic carbocycles. The molecule has 14 heavy (non-hydrogen) atoms. The molecule has 0 spiro atoms. The van der Waals surface area contributed by atoms with Crippen LogP contribution in [-0.2, 0) is 0 Å². The molecule has 0 unspecified atom stereocenters. The molecule has 0 amide bonds. The third-order valence-electron chi connectivity index (χ3n) is 1.85. The number of rotatable bonds is 2. The average molecular weight is 186 g/mol. The van der Waals surface area contributed by atoms with Crippen molar-refractivity contribution in [1.29, 1.82) is 0 Å². The van der Waals surface area contributed by atoms with Crippen LogP contribution in [0.4, 0.5) is 5.82 Å². The maximum Gasteiger partial charge on any atom is 0.183 e. The average Bonchev–Trinajstić information content (AvgIpc) is 2.30. The van der Waals surface area contributed by atoms with E-state index in [1.165, 1.54) is 0 Å². The third kappa shape index (κ3) is 1.69. The zero-order valence-corrected chi connectivity index (χ0v) is 7.81. The van der Waals surface area contributed by atoms with Gasteiger partial charge in [0, 0.05) is 12.6 Å². The first kappa shape index (κ1) is 8.62. The maximum atomic E-state index is 4.28. The van der Waals surface area contributed by atoms with Gasteiger partial charge in [0.15, 0.2) is 5.82 Å². The summed E-state index contributed by atoms with van der Waals surface area (Å²) in [6.07, 6.45) is 1.59. The summed E-state index contributed by atoms with van der Waals surface area (Å²) in [7, 11) is 1.80. The fraction of sp³-hybridized carbons (Fsp3) is 0.100. The van der Waals surface area contributed by atoms with Crippen molar-refractivity contribution in [3.8, 4) is 11.4 Å². The van der Waals surface area contributed by atoms with Crippen LogP contribution >= 0.6 is 0 Å². The smallest absolute Gasteiger partial charge is 0.183 e. The summed E-state index contributed by atoms with van der Waals surface area (Å²) >= 11 is 0. The van der Waals surface area contributed by atoms with E-state index in [1.54, 1.807) is 13.2 Å². The summed E-state index contributed by atoms with van der Waals surface area (Å²) in [6.45, 7) is 0. The molecule has 0 aliphatic carbocycles. The predicted octanol–water partition coefficient (Wildman–Crippen LogP) is 1.58. The molecular formula is C10H10N4. The van der Waals surface area contributed by atoms with Crippen LogP contribution in [0.1, 0.15) is 0 Å². The van der Waals surface area contributed by atoms with E-state index < -0.39 is 0 Å². The molecule has 0 fully saturated rings. The minimum absolute atomic E-state index is 0.637. The molecule has 4 nitrogen and oxygen atoms in total. The minimum atomic E-state index is 0.637. The van der Waals surface area contributed by atoms with Gasteiger partial charge in [-0.05, 0) is 0 Å². The van der Waals surface area contributed by atoms with Crippen molar-refractivity contribution in [3.05, 3.63) is 36.5 Å². The summed E-state index contributed by atoms with van der Waals surface area (Å²) in [5.41, 5.74) is 0.970. The second kappa shape index (κ2) is 3.83. The Morgan fingerprint density at radius 3 is 2.64 bits per heavy atom. The predicted molar refractivity (Wildman–Crippen MR) is 54.8 cm³/mol. The van der Waals surface area contributed by atoms with Gasteiger partial charge < -0.3 is 5.32 Å². The first-order chi connectivity index (χ1) is 6.90. The minimum Gasteiger partial charge on any atom is -0.372 e. The molecule has 1 N–H and O–H groups in total. The fourth-order valence-corrected chi connectivity index (χ4v) is 1.13. The number of nitrogens with one attached hydrogen (secondary N) is 1. The van der Waals surface area contributed by atoms with E-state index in [9.17, 15) is 0 Å². The Bertz CT molecular complexity index is 413. The second-order valence-corrected chi connectivity index (χ2v) is 2.78. The lowest BCUT2D eigenvalue weighted by molar-refractivity contribution is 0.981. The van der Waals surface area contributed by atoms with Gasteiger partial charge in [0.25, 0.3) is 0 Å². The Balaban J connectivity index is 2.42. The molecule has 0 bridgehead atoms. The van der Waals surface area contributed by atoms with E-state index in [1.807, 2.05) is 30.3 Å². The molecule has 4 heteroatoms. The number of benzene rings is 1. The van der Waals surface area contributed by atoms with Gasteiger partial charge in [-0.25, -0.2) is 4.98 Å². The Kier molecular flexibility index (Phi) is 2.36. The monoisotopic (exact) mass is 186 g/mol. The maximum absolute atomic E-state index is 4.28. The number of anilines is 1. The summed E-state index contributed by atoms with van der Waals surface area (Å²) in [5.74, 6) is 1.36. The highest BCUT2D eigenvalue weighted by molar-refractivity contribution is 5.55. The van der Waals surface area contributed by atoms with Crippen molar-refractivity contribution in [2.24, 2.45) is 0 Å². The quantitative estimate of drug-likeness (QED) is 0.773. The molecule has 0 aliphatic rings. The zero-order chi connectivity index (χ0) is 9.80. The standard InChI is InChI=1S/C10H10N4/c1-11-9-7-12-14-10(13-9)8-5-3-2-4-6-8/h2-7H,1H3,(H,11,13,14). The first-order valence-corrected chi connectivity index (χ1v) is 4.33. The molecular weight excluding hydrogens is 176 g/mol. The van der Waals surface area contributed by atoms with Gasteiger partial charge in [-0.2, -0.15) is 5.10 Å². The Morgan fingerprint density at radius 1 is 1.14 bits per heavy atom. The molecule has 1 heterocycles. The van der Waals surface area contributed by atoms with Crippen LogP contribution in [0.5, 0.6) is 0 Å². The van der Waals surface area contributed by atoms with Crippen molar-refractivity contribution < 1.29 is 0 Å². The van der Waals surface area contributed by atoms with E-state index in [-0.39, 0.29) is 0 Å². The van der Waals surface area contributed by atoms with E-state index in [0.717, 1.165) is 11.4 Å². The Hall–Kier alpha value is -1.97. The van der Waals surface area contributed by atoms with Crippen LogP contribution in [0, 0.1) is 0 Å². The van der Waals surface area contributed by atoms with Crippen molar-refractivity contribution in [2.45, 2.75) is 0 Å². The molecule has 0 saturated carbocycles. The van der Waals surface area contributed by atoms with E-state index in [0.29, 0.717) is 5.82 Å². The van der Waals surface area contributed by atoms with Crippen molar-refractivity contribution >= 4 is 5.82 Å². The zero-order valence-electron chi connectivity index (χ0n) is 7.81. The molecule has 0 saturated heterocycles. The second-order valence-electron chi connectivity index (χ2n) is 2.78. The number of hydrogen-bond donors (Lipinski definition) is 1. The van der Waals surface area contributed by atoms with Gasteiger partial charge in [-0.3, -0.25) is 0 Å². The molecule has 2 aromatic rings. The lowest BCUT2D eigenvalue weighted by Gasteiger charge is -2.00.